The Bertz CT molecular complexity index is 1160. The smallest absolute Gasteiger partial charge is 0.408 e. The first kappa shape index (κ1) is 22.3. The molecule has 176 valence electrons. The van der Waals surface area contributed by atoms with E-state index in [1.165, 1.54) is 12.1 Å². The Balaban J connectivity index is 1.36. The summed E-state index contributed by atoms with van der Waals surface area (Å²) in [4.78, 5) is 17.3. The molecular formula is C27H28FN3O3. The fraction of sp³-hybridized carbons (Fsp3) is 0.333. The van der Waals surface area contributed by atoms with Crippen LogP contribution < -0.4 is 15.4 Å². The third-order valence-corrected chi connectivity index (χ3v) is 6.56. The van der Waals surface area contributed by atoms with Gasteiger partial charge in [-0.15, -0.1) is 0 Å². The lowest BCUT2D eigenvalue weighted by atomic mass is 9.93. The highest BCUT2D eigenvalue weighted by atomic mass is 19.1. The molecule has 2 heterocycles. The van der Waals surface area contributed by atoms with Crippen LogP contribution in [0.3, 0.4) is 0 Å². The van der Waals surface area contributed by atoms with Crippen LogP contribution in [-0.4, -0.2) is 30.3 Å². The van der Waals surface area contributed by atoms with Crippen LogP contribution in [0.4, 0.5) is 9.18 Å². The summed E-state index contributed by atoms with van der Waals surface area (Å²) in [6, 6.07) is 19.5. The summed E-state index contributed by atoms with van der Waals surface area (Å²) in [6.45, 7) is 5.91. The van der Waals surface area contributed by atoms with Crippen molar-refractivity contribution >= 4 is 6.09 Å². The van der Waals surface area contributed by atoms with E-state index in [9.17, 15) is 9.18 Å². The van der Waals surface area contributed by atoms with Gasteiger partial charge in [-0.05, 0) is 55.3 Å². The molecule has 0 bridgehead atoms. The highest BCUT2D eigenvalue weighted by Crippen LogP contribution is 2.44. The number of fused-ring (bicyclic) bond motifs is 1. The van der Waals surface area contributed by atoms with Crippen molar-refractivity contribution < 1.29 is 18.7 Å². The van der Waals surface area contributed by atoms with Crippen molar-refractivity contribution in [1.29, 1.82) is 0 Å². The summed E-state index contributed by atoms with van der Waals surface area (Å²) in [5, 5.41) is 6.32. The average Bonchev–Trinajstić information content (AvgIpc) is 3.23. The number of hydrogen-bond donors (Lipinski definition) is 2. The van der Waals surface area contributed by atoms with Gasteiger partial charge in [0, 0.05) is 36.6 Å². The van der Waals surface area contributed by atoms with Crippen LogP contribution in [0.2, 0.25) is 0 Å². The Hall–Kier alpha value is -3.45. The van der Waals surface area contributed by atoms with Gasteiger partial charge in [0.25, 0.3) is 0 Å². The van der Waals surface area contributed by atoms with Crippen molar-refractivity contribution in [1.82, 2.24) is 15.6 Å². The molecule has 7 heteroatoms. The van der Waals surface area contributed by atoms with Gasteiger partial charge in [0.05, 0.1) is 11.2 Å². The van der Waals surface area contributed by atoms with Crippen LogP contribution in [0.1, 0.15) is 25.0 Å². The second-order valence-electron chi connectivity index (χ2n) is 9.47. The number of nitrogens with zero attached hydrogens (tertiary/aromatic N) is 1. The Morgan fingerprint density at radius 1 is 1.09 bits per heavy atom. The molecule has 6 nitrogen and oxygen atoms in total. The molecule has 1 aliphatic heterocycles. The molecule has 1 unspecified atom stereocenters. The first-order chi connectivity index (χ1) is 16.4. The van der Waals surface area contributed by atoms with Crippen molar-refractivity contribution in [3.63, 3.8) is 0 Å². The van der Waals surface area contributed by atoms with Gasteiger partial charge in [0.1, 0.15) is 18.5 Å². The van der Waals surface area contributed by atoms with E-state index in [1.807, 2.05) is 56.3 Å². The van der Waals surface area contributed by atoms with Gasteiger partial charge in [-0.25, -0.2) is 14.2 Å². The zero-order chi connectivity index (χ0) is 23.7. The number of ether oxygens (including phenoxy) is 2. The Morgan fingerprint density at radius 2 is 1.79 bits per heavy atom. The third-order valence-electron chi connectivity index (χ3n) is 6.56. The van der Waals surface area contributed by atoms with Gasteiger partial charge in [0.15, 0.2) is 0 Å². The number of carbonyl (C=O) groups excluding carboxylic acids is 1. The SMILES string of the molecule is CC(C)(NC(=O)OCc1ccccc1)c1cc(OC2[C@H]3CNC[C@@H]23)nc(-c2ccc(F)cc2)c1. The number of carbonyl (C=O) groups is 1. The molecule has 2 fully saturated rings. The number of halogens is 1. The van der Waals surface area contributed by atoms with E-state index in [2.05, 4.69) is 10.6 Å². The number of alkyl carbamates (subject to hydrolysis) is 1. The number of hydrogen-bond acceptors (Lipinski definition) is 5. The minimum Gasteiger partial charge on any atom is -0.474 e. The minimum absolute atomic E-state index is 0.150. The van der Waals surface area contributed by atoms with Crippen LogP contribution in [0.5, 0.6) is 5.88 Å². The van der Waals surface area contributed by atoms with Crippen molar-refractivity contribution in [3.05, 3.63) is 83.7 Å². The lowest BCUT2D eigenvalue weighted by molar-refractivity contribution is 0.129. The summed E-state index contributed by atoms with van der Waals surface area (Å²) < 4.78 is 25.2. The van der Waals surface area contributed by atoms with Gasteiger partial charge in [-0.1, -0.05) is 30.3 Å². The summed E-state index contributed by atoms with van der Waals surface area (Å²) in [5.41, 5.74) is 2.40. The zero-order valence-corrected chi connectivity index (χ0v) is 19.3. The van der Waals surface area contributed by atoms with E-state index in [-0.39, 0.29) is 18.5 Å². The number of rotatable bonds is 7. The first-order valence-electron chi connectivity index (χ1n) is 11.5. The number of pyridine rings is 1. The fourth-order valence-electron chi connectivity index (χ4n) is 4.46. The molecule has 1 saturated carbocycles. The monoisotopic (exact) mass is 461 g/mol. The third kappa shape index (κ3) is 4.89. The highest BCUT2D eigenvalue weighted by molar-refractivity contribution is 5.69. The molecule has 2 aromatic carbocycles. The molecule has 1 aliphatic carbocycles. The molecule has 2 aliphatic rings. The maximum Gasteiger partial charge on any atom is 0.408 e. The normalized spacial score (nSPS) is 21.0. The van der Waals surface area contributed by atoms with Crippen molar-refractivity contribution in [3.8, 4) is 17.1 Å². The van der Waals surface area contributed by atoms with E-state index >= 15 is 0 Å². The summed E-state index contributed by atoms with van der Waals surface area (Å²) in [6.07, 6.45) is -0.365. The summed E-state index contributed by atoms with van der Waals surface area (Å²) in [5.74, 6) is 1.22. The maximum atomic E-state index is 13.5. The predicted molar refractivity (Wildman–Crippen MR) is 127 cm³/mol. The Morgan fingerprint density at radius 3 is 2.50 bits per heavy atom. The number of amides is 1. The fourth-order valence-corrected chi connectivity index (χ4v) is 4.46. The lowest BCUT2D eigenvalue weighted by Crippen LogP contribution is -2.41. The van der Waals surface area contributed by atoms with Gasteiger partial charge in [-0.3, -0.25) is 0 Å². The maximum absolute atomic E-state index is 13.5. The summed E-state index contributed by atoms with van der Waals surface area (Å²) in [7, 11) is 0. The Labute approximate surface area is 198 Å². The number of aromatic nitrogens is 1. The molecule has 0 spiro atoms. The molecular weight excluding hydrogens is 433 g/mol. The molecule has 0 radical (unpaired) electrons. The van der Waals surface area contributed by atoms with E-state index in [0.717, 1.165) is 29.8 Å². The number of piperidine rings is 1. The van der Waals surface area contributed by atoms with E-state index < -0.39 is 11.6 Å². The molecule has 34 heavy (non-hydrogen) atoms. The highest BCUT2D eigenvalue weighted by Gasteiger charge is 2.55. The molecule has 1 amide bonds. The van der Waals surface area contributed by atoms with Crippen LogP contribution in [0.15, 0.2) is 66.7 Å². The van der Waals surface area contributed by atoms with Gasteiger partial charge < -0.3 is 20.1 Å². The van der Waals surface area contributed by atoms with E-state index in [1.54, 1.807) is 12.1 Å². The summed E-state index contributed by atoms with van der Waals surface area (Å²) >= 11 is 0. The van der Waals surface area contributed by atoms with E-state index in [0.29, 0.717) is 23.4 Å². The quantitative estimate of drug-likeness (QED) is 0.536. The van der Waals surface area contributed by atoms with Gasteiger partial charge in [-0.2, -0.15) is 0 Å². The van der Waals surface area contributed by atoms with Gasteiger partial charge in [0.2, 0.25) is 5.88 Å². The minimum atomic E-state index is -0.759. The molecule has 3 aromatic rings. The number of benzene rings is 2. The second kappa shape index (κ2) is 9.06. The van der Waals surface area contributed by atoms with Crippen molar-refractivity contribution in [2.75, 3.05) is 13.1 Å². The standard InChI is InChI=1S/C27H28FN3O3/c1-27(2,31-26(32)33-16-17-6-4-3-5-7-17)19-12-23(18-8-10-20(28)11-9-18)30-24(13-19)34-25-21-14-29-15-22(21)25/h3-13,21-22,25,29H,14-16H2,1-2H3,(H,31,32)/t21-,22+,25?. The molecule has 2 N–H and O–H groups in total. The topological polar surface area (TPSA) is 72.5 Å². The van der Waals surface area contributed by atoms with Crippen LogP contribution in [0.25, 0.3) is 11.3 Å². The largest absolute Gasteiger partial charge is 0.474 e. The Kier molecular flexibility index (Phi) is 5.96. The molecule has 1 aromatic heterocycles. The van der Waals surface area contributed by atoms with Crippen LogP contribution in [0, 0.1) is 17.7 Å². The van der Waals surface area contributed by atoms with E-state index in [4.69, 9.17) is 14.5 Å². The zero-order valence-electron chi connectivity index (χ0n) is 19.3. The molecule has 1 saturated heterocycles. The molecule has 5 rings (SSSR count). The van der Waals surface area contributed by atoms with Crippen LogP contribution >= 0.6 is 0 Å². The lowest BCUT2D eigenvalue weighted by Gasteiger charge is -2.27. The first-order valence-corrected chi connectivity index (χ1v) is 11.5. The number of nitrogens with one attached hydrogen (secondary N) is 2. The van der Waals surface area contributed by atoms with Crippen molar-refractivity contribution in [2.45, 2.75) is 32.1 Å². The molecule has 3 atom stereocenters. The predicted octanol–water partition coefficient (Wildman–Crippen LogP) is 4.65. The van der Waals surface area contributed by atoms with Crippen molar-refractivity contribution in [2.24, 2.45) is 11.8 Å². The van der Waals surface area contributed by atoms with Crippen LogP contribution in [-0.2, 0) is 16.9 Å². The average molecular weight is 462 g/mol. The van der Waals surface area contributed by atoms with Gasteiger partial charge >= 0.3 is 6.09 Å². The second-order valence-corrected chi connectivity index (χ2v) is 9.47.